The maximum atomic E-state index is 11.3. The van der Waals surface area contributed by atoms with Crippen LogP contribution in [0.15, 0.2) is 0 Å². The normalized spacial score (nSPS) is 14.5. The highest BCUT2D eigenvalue weighted by Gasteiger charge is 2.15. The summed E-state index contributed by atoms with van der Waals surface area (Å²) in [5.74, 6) is 0.0876. The minimum Gasteiger partial charge on any atom is -0.466 e. The number of carbonyl (C=O) groups is 1. The lowest BCUT2D eigenvalue weighted by atomic mass is 9.96. The average Bonchev–Trinajstić information content (AvgIpc) is 2.26. The molecule has 0 amide bonds. The number of carbonyl (C=O) groups excluding carboxylic acids is 1. The van der Waals surface area contributed by atoms with Crippen LogP contribution in [0.2, 0.25) is 0 Å². The quantitative estimate of drug-likeness (QED) is 0.489. The molecular weight excluding hydrogens is 204 g/mol. The predicted octanol–water partition coefficient (Wildman–Crippen LogP) is 2.91. The van der Waals surface area contributed by atoms with Crippen LogP contribution in [0.1, 0.15) is 59.3 Å². The molecule has 3 heteroatoms. The Labute approximate surface area is 99.2 Å². The number of hydrogen-bond acceptors (Lipinski definition) is 3. The number of rotatable bonds is 9. The van der Waals surface area contributed by atoms with Gasteiger partial charge in [0.15, 0.2) is 0 Å². The molecule has 96 valence electrons. The molecule has 0 radical (unpaired) electrons. The Morgan fingerprint density at radius 1 is 1.25 bits per heavy atom. The van der Waals surface area contributed by atoms with Crippen molar-refractivity contribution in [3.63, 3.8) is 0 Å². The molecule has 0 heterocycles. The first-order valence-corrected chi connectivity index (χ1v) is 6.45. The van der Waals surface area contributed by atoms with Crippen molar-refractivity contribution < 1.29 is 14.6 Å². The van der Waals surface area contributed by atoms with E-state index in [2.05, 4.69) is 13.8 Å². The van der Waals surface area contributed by atoms with Crippen LogP contribution in [0, 0.1) is 5.92 Å². The van der Waals surface area contributed by atoms with E-state index in [1.165, 1.54) is 0 Å². The van der Waals surface area contributed by atoms with E-state index in [-0.39, 0.29) is 18.0 Å². The third kappa shape index (κ3) is 7.69. The van der Waals surface area contributed by atoms with Crippen molar-refractivity contribution in [2.45, 2.75) is 65.4 Å². The maximum absolute atomic E-state index is 11.3. The minimum absolute atomic E-state index is 0.184. The first kappa shape index (κ1) is 15.4. The molecule has 0 aromatic rings. The standard InChI is InChI=1S/C13H26O3/c1-4-6-10-16-13(15)9-8-12(14)11(3)7-5-2/h11-12,14H,4-10H2,1-3H3. The van der Waals surface area contributed by atoms with Crippen molar-refractivity contribution in [1.82, 2.24) is 0 Å². The first-order chi connectivity index (χ1) is 7.61. The fourth-order valence-corrected chi connectivity index (χ4v) is 1.60. The van der Waals surface area contributed by atoms with Crippen LogP contribution in [0.4, 0.5) is 0 Å². The van der Waals surface area contributed by atoms with E-state index < -0.39 is 0 Å². The third-order valence-electron chi connectivity index (χ3n) is 2.81. The van der Waals surface area contributed by atoms with Gasteiger partial charge < -0.3 is 9.84 Å². The van der Waals surface area contributed by atoms with E-state index in [0.29, 0.717) is 19.4 Å². The van der Waals surface area contributed by atoms with Crippen molar-refractivity contribution in [2.75, 3.05) is 6.61 Å². The van der Waals surface area contributed by atoms with Crippen LogP contribution in [0.5, 0.6) is 0 Å². The van der Waals surface area contributed by atoms with Gasteiger partial charge in [0.05, 0.1) is 12.7 Å². The highest BCUT2D eigenvalue weighted by Crippen LogP contribution is 2.15. The molecule has 0 fully saturated rings. The molecule has 16 heavy (non-hydrogen) atoms. The van der Waals surface area contributed by atoms with Gasteiger partial charge in [-0.1, -0.05) is 33.6 Å². The number of esters is 1. The molecule has 1 N–H and O–H groups in total. The second kappa shape index (κ2) is 9.64. The summed E-state index contributed by atoms with van der Waals surface area (Å²) in [4.78, 5) is 11.3. The highest BCUT2D eigenvalue weighted by atomic mass is 16.5. The van der Waals surface area contributed by atoms with E-state index in [1.54, 1.807) is 0 Å². The van der Waals surface area contributed by atoms with Gasteiger partial charge in [-0.05, 0) is 25.2 Å². The zero-order chi connectivity index (χ0) is 12.4. The first-order valence-electron chi connectivity index (χ1n) is 6.45. The van der Waals surface area contributed by atoms with Crippen molar-refractivity contribution >= 4 is 5.97 Å². The monoisotopic (exact) mass is 230 g/mol. The van der Waals surface area contributed by atoms with Crippen LogP contribution < -0.4 is 0 Å². The third-order valence-corrected chi connectivity index (χ3v) is 2.81. The number of hydrogen-bond donors (Lipinski definition) is 1. The van der Waals surface area contributed by atoms with Crippen LogP contribution in [0.3, 0.4) is 0 Å². The van der Waals surface area contributed by atoms with Crippen molar-refractivity contribution in [3.05, 3.63) is 0 Å². The zero-order valence-electron chi connectivity index (χ0n) is 10.9. The van der Waals surface area contributed by atoms with Crippen molar-refractivity contribution in [3.8, 4) is 0 Å². The van der Waals surface area contributed by atoms with E-state index >= 15 is 0 Å². The fourth-order valence-electron chi connectivity index (χ4n) is 1.60. The zero-order valence-corrected chi connectivity index (χ0v) is 10.9. The molecule has 0 saturated heterocycles. The highest BCUT2D eigenvalue weighted by molar-refractivity contribution is 5.69. The Morgan fingerprint density at radius 2 is 1.94 bits per heavy atom. The van der Waals surface area contributed by atoms with Gasteiger partial charge in [0, 0.05) is 6.42 Å². The van der Waals surface area contributed by atoms with Crippen LogP contribution in [-0.2, 0) is 9.53 Å². The topological polar surface area (TPSA) is 46.5 Å². The molecule has 0 aliphatic rings. The second-order valence-corrected chi connectivity index (χ2v) is 4.45. The minimum atomic E-state index is -0.376. The van der Waals surface area contributed by atoms with Gasteiger partial charge in [-0.25, -0.2) is 0 Å². The van der Waals surface area contributed by atoms with Gasteiger partial charge in [-0.2, -0.15) is 0 Å². The second-order valence-electron chi connectivity index (χ2n) is 4.45. The lowest BCUT2D eigenvalue weighted by molar-refractivity contribution is -0.144. The largest absolute Gasteiger partial charge is 0.466 e. The molecule has 0 aromatic carbocycles. The summed E-state index contributed by atoms with van der Waals surface area (Å²) in [6.45, 7) is 6.69. The van der Waals surface area contributed by atoms with Crippen molar-refractivity contribution in [2.24, 2.45) is 5.92 Å². The van der Waals surface area contributed by atoms with E-state index in [9.17, 15) is 9.90 Å². The number of aliphatic hydroxyl groups excluding tert-OH is 1. The van der Waals surface area contributed by atoms with E-state index in [0.717, 1.165) is 25.7 Å². The van der Waals surface area contributed by atoms with Gasteiger partial charge in [0.25, 0.3) is 0 Å². The summed E-state index contributed by atoms with van der Waals surface area (Å²) >= 11 is 0. The Balaban J connectivity index is 3.58. The fraction of sp³-hybridized carbons (Fsp3) is 0.923. The molecule has 0 aliphatic carbocycles. The maximum Gasteiger partial charge on any atom is 0.305 e. The summed E-state index contributed by atoms with van der Waals surface area (Å²) in [6, 6.07) is 0. The summed E-state index contributed by atoms with van der Waals surface area (Å²) in [6.07, 6.45) is 4.50. The van der Waals surface area contributed by atoms with Gasteiger partial charge in [0.1, 0.15) is 0 Å². The van der Waals surface area contributed by atoms with Gasteiger partial charge in [-0.3, -0.25) is 4.79 Å². The molecule has 3 nitrogen and oxygen atoms in total. The van der Waals surface area contributed by atoms with Gasteiger partial charge in [0.2, 0.25) is 0 Å². The molecule has 2 atom stereocenters. The summed E-state index contributed by atoms with van der Waals surface area (Å²) in [5.41, 5.74) is 0. The Bertz CT molecular complexity index is 180. The summed E-state index contributed by atoms with van der Waals surface area (Å²) in [5, 5.41) is 9.76. The van der Waals surface area contributed by atoms with Gasteiger partial charge >= 0.3 is 5.97 Å². The van der Waals surface area contributed by atoms with Crippen LogP contribution in [0.25, 0.3) is 0 Å². The molecule has 0 rings (SSSR count). The summed E-state index contributed by atoms with van der Waals surface area (Å²) < 4.78 is 5.02. The predicted molar refractivity (Wildman–Crippen MR) is 65.2 cm³/mol. The molecule has 0 spiro atoms. The van der Waals surface area contributed by atoms with E-state index in [4.69, 9.17) is 4.74 Å². The van der Waals surface area contributed by atoms with Crippen LogP contribution in [-0.4, -0.2) is 23.8 Å². The molecule has 0 aromatic heterocycles. The molecule has 0 saturated carbocycles. The summed E-state index contributed by atoms with van der Waals surface area (Å²) in [7, 11) is 0. The van der Waals surface area contributed by atoms with E-state index in [1.807, 2.05) is 6.92 Å². The average molecular weight is 230 g/mol. The lowest BCUT2D eigenvalue weighted by Crippen LogP contribution is -2.19. The van der Waals surface area contributed by atoms with Gasteiger partial charge in [-0.15, -0.1) is 0 Å². The smallest absolute Gasteiger partial charge is 0.305 e. The number of unbranched alkanes of at least 4 members (excludes halogenated alkanes) is 1. The molecule has 2 unspecified atom stereocenters. The van der Waals surface area contributed by atoms with Crippen molar-refractivity contribution in [1.29, 1.82) is 0 Å². The Morgan fingerprint density at radius 3 is 2.50 bits per heavy atom. The number of ether oxygens (including phenoxy) is 1. The number of aliphatic hydroxyl groups is 1. The van der Waals surface area contributed by atoms with Crippen LogP contribution >= 0.6 is 0 Å². The lowest BCUT2D eigenvalue weighted by Gasteiger charge is -2.17. The molecule has 0 bridgehead atoms. The molecular formula is C13H26O3. The Kier molecular flexibility index (Phi) is 9.30. The molecule has 0 aliphatic heterocycles. The SMILES string of the molecule is CCCCOC(=O)CCC(O)C(C)CCC. The Hall–Kier alpha value is -0.570.